The fourth-order valence-corrected chi connectivity index (χ4v) is 3.43. The fraction of sp³-hybridized carbons (Fsp3) is 0.105. The molecule has 0 aliphatic carbocycles. The van der Waals surface area contributed by atoms with Crippen LogP contribution in [0.25, 0.3) is 10.9 Å². The van der Waals surface area contributed by atoms with Crippen molar-refractivity contribution < 1.29 is 9.53 Å². The minimum atomic E-state index is 0.0289. The van der Waals surface area contributed by atoms with Crippen molar-refractivity contribution in [2.75, 3.05) is 5.75 Å². The number of nitrogens with one attached hydrogen (secondary N) is 2. The highest BCUT2D eigenvalue weighted by atomic mass is 35.5. The Morgan fingerprint density at radius 2 is 1.96 bits per heavy atom. The van der Waals surface area contributed by atoms with Gasteiger partial charge in [-0.05, 0) is 30.3 Å². The molecule has 136 valence electrons. The van der Waals surface area contributed by atoms with Gasteiger partial charge < -0.3 is 9.72 Å². The number of hydrogen-bond acceptors (Lipinski definition) is 5. The van der Waals surface area contributed by atoms with Crippen molar-refractivity contribution in [3.8, 4) is 5.75 Å². The lowest BCUT2D eigenvalue weighted by Gasteiger charge is -2.03. The van der Waals surface area contributed by atoms with Gasteiger partial charge in [0.15, 0.2) is 11.6 Å². The highest BCUT2D eigenvalue weighted by Crippen LogP contribution is 2.22. The molecule has 0 atom stereocenters. The van der Waals surface area contributed by atoms with Crippen molar-refractivity contribution in [3.63, 3.8) is 0 Å². The van der Waals surface area contributed by atoms with Gasteiger partial charge in [0.2, 0.25) is 5.16 Å². The largest absolute Gasteiger partial charge is 0.486 e. The number of ether oxygens (including phenoxy) is 1. The molecule has 27 heavy (non-hydrogen) atoms. The standard InChI is InChI=1S/C19H15ClN4O2S/c20-12-5-7-13(8-6-12)26-10-18-22-19(24-23-18)27-11-17(25)15-9-21-16-4-2-1-3-14(15)16/h1-9,21H,10-11H2,(H,22,23,24). The number of aromatic nitrogens is 4. The number of aromatic amines is 2. The summed E-state index contributed by atoms with van der Waals surface area (Å²) in [5, 5.41) is 9.04. The maximum Gasteiger partial charge on any atom is 0.208 e. The smallest absolute Gasteiger partial charge is 0.208 e. The van der Waals surface area contributed by atoms with Crippen molar-refractivity contribution in [1.29, 1.82) is 0 Å². The summed E-state index contributed by atoms with van der Waals surface area (Å²) in [6.45, 7) is 0.256. The van der Waals surface area contributed by atoms with E-state index in [1.54, 1.807) is 30.5 Å². The van der Waals surface area contributed by atoms with Crippen molar-refractivity contribution in [3.05, 3.63) is 71.1 Å². The van der Waals surface area contributed by atoms with E-state index in [1.807, 2.05) is 24.3 Å². The second-order valence-electron chi connectivity index (χ2n) is 5.77. The number of ketones is 1. The number of carbonyl (C=O) groups excluding carboxylic acids is 1. The first-order chi connectivity index (χ1) is 13.2. The van der Waals surface area contributed by atoms with Crippen molar-refractivity contribution in [1.82, 2.24) is 20.2 Å². The van der Waals surface area contributed by atoms with E-state index in [0.717, 1.165) is 10.9 Å². The number of para-hydroxylation sites is 1. The molecule has 2 heterocycles. The number of rotatable bonds is 7. The first-order valence-corrected chi connectivity index (χ1v) is 9.57. The Kier molecular flexibility index (Phi) is 5.13. The van der Waals surface area contributed by atoms with Crippen LogP contribution in [0.15, 0.2) is 59.9 Å². The average Bonchev–Trinajstić information content (AvgIpc) is 3.32. The molecule has 0 radical (unpaired) electrons. The first-order valence-electron chi connectivity index (χ1n) is 8.21. The molecule has 8 heteroatoms. The van der Waals surface area contributed by atoms with E-state index < -0.39 is 0 Å². The van der Waals surface area contributed by atoms with Gasteiger partial charge in [0, 0.05) is 27.7 Å². The van der Waals surface area contributed by atoms with Crippen LogP contribution in [0.3, 0.4) is 0 Å². The molecule has 0 bridgehead atoms. The van der Waals surface area contributed by atoms with Gasteiger partial charge in [-0.3, -0.25) is 9.89 Å². The number of nitrogens with zero attached hydrogens (tertiary/aromatic N) is 2. The van der Waals surface area contributed by atoms with Crippen LogP contribution in [0.2, 0.25) is 5.02 Å². The van der Waals surface area contributed by atoms with Gasteiger partial charge >= 0.3 is 0 Å². The Labute approximate surface area is 164 Å². The van der Waals surface area contributed by atoms with Crippen LogP contribution in [-0.4, -0.2) is 31.7 Å². The molecule has 0 spiro atoms. The zero-order valence-electron chi connectivity index (χ0n) is 14.1. The van der Waals surface area contributed by atoms with Crippen LogP contribution in [0.4, 0.5) is 0 Å². The third-order valence-electron chi connectivity index (χ3n) is 3.92. The average molecular weight is 399 g/mol. The van der Waals surface area contributed by atoms with Crippen molar-refractivity contribution in [2.45, 2.75) is 11.8 Å². The molecule has 4 aromatic rings. The number of H-pyrrole nitrogens is 2. The van der Waals surface area contributed by atoms with E-state index in [4.69, 9.17) is 16.3 Å². The summed E-state index contributed by atoms with van der Waals surface area (Å²) in [4.78, 5) is 20.0. The Balaban J connectivity index is 1.34. The van der Waals surface area contributed by atoms with Gasteiger partial charge in [0.1, 0.15) is 12.4 Å². The Morgan fingerprint density at radius 1 is 1.15 bits per heavy atom. The van der Waals surface area contributed by atoms with E-state index in [0.29, 0.717) is 27.3 Å². The van der Waals surface area contributed by atoms with E-state index in [2.05, 4.69) is 20.2 Å². The van der Waals surface area contributed by atoms with E-state index >= 15 is 0 Å². The molecular formula is C19H15ClN4O2S. The molecule has 0 unspecified atom stereocenters. The zero-order chi connectivity index (χ0) is 18.6. The number of halogens is 1. The number of carbonyl (C=O) groups is 1. The van der Waals surface area contributed by atoms with Gasteiger partial charge in [-0.15, -0.1) is 5.10 Å². The Morgan fingerprint density at radius 3 is 2.81 bits per heavy atom. The van der Waals surface area contributed by atoms with E-state index in [1.165, 1.54) is 11.8 Å². The molecule has 0 amide bonds. The molecule has 2 aromatic heterocycles. The zero-order valence-corrected chi connectivity index (χ0v) is 15.7. The molecule has 0 fully saturated rings. The molecule has 6 nitrogen and oxygen atoms in total. The third kappa shape index (κ3) is 4.15. The summed E-state index contributed by atoms with van der Waals surface area (Å²) < 4.78 is 5.62. The van der Waals surface area contributed by atoms with Crippen molar-refractivity contribution in [2.24, 2.45) is 0 Å². The van der Waals surface area contributed by atoms with E-state index in [9.17, 15) is 4.79 Å². The number of Topliss-reactive ketones (excluding diaryl/α,β-unsaturated/α-hetero) is 1. The van der Waals surface area contributed by atoms with Crippen LogP contribution >= 0.6 is 23.4 Å². The quantitative estimate of drug-likeness (QED) is 0.354. The summed E-state index contributed by atoms with van der Waals surface area (Å²) >= 11 is 7.14. The molecule has 4 rings (SSSR count). The second-order valence-corrected chi connectivity index (χ2v) is 7.15. The Bertz CT molecular complexity index is 1070. The highest BCUT2D eigenvalue weighted by Gasteiger charge is 2.14. The topological polar surface area (TPSA) is 83.7 Å². The first kappa shape index (κ1) is 17.6. The molecule has 0 saturated carbocycles. The third-order valence-corrected chi connectivity index (χ3v) is 5.02. The predicted octanol–water partition coefficient (Wildman–Crippen LogP) is 4.49. The maximum atomic E-state index is 12.5. The summed E-state index contributed by atoms with van der Waals surface area (Å²) in [6, 6.07) is 14.8. The van der Waals surface area contributed by atoms with Crippen LogP contribution in [0.5, 0.6) is 5.75 Å². The monoisotopic (exact) mass is 398 g/mol. The minimum Gasteiger partial charge on any atom is -0.486 e. The minimum absolute atomic E-state index is 0.0289. The van der Waals surface area contributed by atoms with Crippen LogP contribution in [0.1, 0.15) is 16.2 Å². The fourth-order valence-electron chi connectivity index (χ4n) is 2.60. The molecule has 0 saturated heterocycles. The van der Waals surface area contributed by atoms with Gasteiger partial charge in [-0.1, -0.05) is 41.6 Å². The second kappa shape index (κ2) is 7.85. The van der Waals surface area contributed by atoms with Crippen LogP contribution in [0, 0.1) is 0 Å². The van der Waals surface area contributed by atoms with Gasteiger partial charge in [-0.2, -0.15) is 0 Å². The van der Waals surface area contributed by atoms with Gasteiger partial charge in [0.25, 0.3) is 0 Å². The van der Waals surface area contributed by atoms with Crippen LogP contribution in [-0.2, 0) is 6.61 Å². The maximum absolute atomic E-state index is 12.5. The number of fused-ring (bicyclic) bond motifs is 1. The number of benzene rings is 2. The van der Waals surface area contributed by atoms with Gasteiger partial charge in [0.05, 0.1) is 5.75 Å². The molecule has 0 aliphatic rings. The van der Waals surface area contributed by atoms with E-state index in [-0.39, 0.29) is 18.1 Å². The molecule has 2 N–H and O–H groups in total. The summed E-state index contributed by atoms with van der Waals surface area (Å²) in [6.07, 6.45) is 1.75. The SMILES string of the molecule is O=C(CSc1n[nH]c(COc2ccc(Cl)cc2)n1)c1c[nH]c2ccccc12. The molecule has 0 aliphatic heterocycles. The molecule has 2 aromatic carbocycles. The van der Waals surface area contributed by atoms with Crippen molar-refractivity contribution >= 4 is 40.0 Å². The summed E-state index contributed by atoms with van der Waals surface area (Å²) in [5.41, 5.74) is 1.63. The number of hydrogen-bond donors (Lipinski definition) is 2. The lowest BCUT2D eigenvalue weighted by Crippen LogP contribution is -2.01. The normalized spacial score (nSPS) is 11.0. The van der Waals surface area contributed by atoms with Crippen LogP contribution < -0.4 is 4.74 Å². The summed E-state index contributed by atoms with van der Waals surface area (Å²) in [7, 11) is 0. The lowest BCUT2D eigenvalue weighted by molar-refractivity contribution is 0.102. The lowest BCUT2D eigenvalue weighted by atomic mass is 10.1. The summed E-state index contributed by atoms with van der Waals surface area (Å²) in [5.74, 6) is 1.57. The predicted molar refractivity (Wildman–Crippen MR) is 106 cm³/mol. The highest BCUT2D eigenvalue weighted by molar-refractivity contribution is 7.99. The molecular weight excluding hydrogens is 384 g/mol. The Hall–Kier alpha value is -2.77. The number of thioether (sulfide) groups is 1. The van der Waals surface area contributed by atoms with Gasteiger partial charge in [-0.25, -0.2) is 4.98 Å².